The smallest absolute Gasteiger partial charge is 0.416 e. The van der Waals surface area contributed by atoms with Crippen molar-refractivity contribution >= 4 is 23.3 Å². The van der Waals surface area contributed by atoms with Gasteiger partial charge in [0.25, 0.3) is 5.91 Å². The maximum atomic E-state index is 13.7. The van der Waals surface area contributed by atoms with E-state index < -0.39 is 29.9 Å². The number of rotatable bonds is 8. The first-order valence-corrected chi connectivity index (χ1v) is 14.5. The molecule has 3 N–H and O–H groups in total. The Labute approximate surface area is 258 Å². The van der Waals surface area contributed by atoms with Crippen LogP contribution in [0.1, 0.15) is 35.3 Å². The van der Waals surface area contributed by atoms with Crippen molar-refractivity contribution in [2.24, 2.45) is 5.92 Å². The summed E-state index contributed by atoms with van der Waals surface area (Å²) in [4.78, 5) is 30.3. The number of aliphatic hydroxyl groups excluding tert-OH is 1. The number of nitrogens with zero attached hydrogens (tertiary/aromatic N) is 2. The minimum Gasteiger partial charge on any atom is -0.486 e. The molecule has 0 fully saturated rings. The molecular formula is C32H35F3N4O6. The molecule has 5 rings (SSSR count). The van der Waals surface area contributed by atoms with Crippen LogP contribution >= 0.6 is 0 Å². The summed E-state index contributed by atoms with van der Waals surface area (Å²) in [5.74, 6) is 0.679. The summed E-state index contributed by atoms with van der Waals surface area (Å²) in [6.07, 6.45) is -4.91. The molecule has 3 aromatic rings. The molecule has 0 aliphatic carbocycles. The van der Waals surface area contributed by atoms with Crippen LogP contribution in [0, 0.1) is 5.92 Å². The molecule has 45 heavy (non-hydrogen) atoms. The van der Waals surface area contributed by atoms with Gasteiger partial charge in [0.15, 0.2) is 17.2 Å². The summed E-state index contributed by atoms with van der Waals surface area (Å²) in [5.41, 5.74) is 0.927. The highest BCUT2D eigenvalue weighted by Gasteiger charge is 2.35. The SMILES string of the molecule is C[C@H](CO)N1C[C@H](C)[C@H](CN(C)Cc2ccc(C(F)(F)F)cc2)Oc2c(NC(=O)Nc3ccc4c(c3)OCO4)cccc2C1=O. The van der Waals surface area contributed by atoms with Crippen LogP contribution in [0.3, 0.4) is 0 Å². The lowest BCUT2D eigenvalue weighted by Crippen LogP contribution is -2.49. The van der Waals surface area contributed by atoms with Gasteiger partial charge in [-0.2, -0.15) is 13.2 Å². The Morgan fingerprint density at radius 1 is 1.09 bits per heavy atom. The van der Waals surface area contributed by atoms with Crippen molar-refractivity contribution in [3.63, 3.8) is 0 Å². The molecular weight excluding hydrogens is 593 g/mol. The van der Waals surface area contributed by atoms with Crippen LogP contribution in [0.15, 0.2) is 60.7 Å². The lowest BCUT2D eigenvalue weighted by Gasteiger charge is -2.38. The van der Waals surface area contributed by atoms with Crippen molar-refractivity contribution < 1.29 is 42.1 Å². The van der Waals surface area contributed by atoms with Crippen LogP contribution in [-0.2, 0) is 12.7 Å². The standard InChI is InChI=1S/C32H35F3N4O6/c1-19-14-39(20(2)17-40)30(41)24-5-4-6-25(37-31(42)36-23-11-12-26-27(13-23)44-18-43-26)29(24)45-28(19)16-38(3)15-21-7-9-22(10-8-21)32(33,34)35/h4-13,19-20,28,40H,14-18H2,1-3H3,(H2,36,37,42)/t19-,20+,28-/m0/s1. The third kappa shape index (κ3) is 7.43. The number of fused-ring (bicyclic) bond motifs is 2. The Bertz CT molecular complexity index is 1530. The number of para-hydroxylation sites is 1. The maximum absolute atomic E-state index is 13.7. The van der Waals surface area contributed by atoms with E-state index in [4.69, 9.17) is 14.2 Å². The third-order valence-electron chi connectivity index (χ3n) is 7.80. The molecule has 13 heteroatoms. The molecule has 240 valence electrons. The molecule has 2 aliphatic heterocycles. The number of hydrogen-bond acceptors (Lipinski definition) is 7. The average molecular weight is 629 g/mol. The van der Waals surface area contributed by atoms with Gasteiger partial charge in [0, 0.05) is 37.3 Å². The fourth-order valence-electron chi connectivity index (χ4n) is 5.30. The summed E-state index contributed by atoms with van der Waals surface area (Å²) in [5, 5.41) is 15.5. The highest BCUT2D eigenvalue weighted by atomic mass is 19.4. The summed E-state index contributed by atoms with van der Waals surface area (Å²) in [7, 11) is 1.83. The quantitative estimate of drug-likeness (QED) is 0.305. The first-order valence-electron chi connectivity index (χ1n) is 14.5. The lowest BCUT2D eigenvalue weighted by molar-refractivity contribution is -0.137. The first-order chi connectivity index (χ1) is 21.4. The normalized spacial score (nSPS) is 18.5. The van der Waals surface area contributed by atoms with E-state index in [1.807, 2.05) is 18.9 Å². The number of amides is 3. The Hall–Kier alpha value is -4.49. The summed E-state index contributed by atoms with van der Waals surface area (Å²) >= 11 is 0. The minimum atomic E-state index is -4.41. The molecule has 0 spiro atoms. The molecule has 2 heterocycles. The van der Waals surface area contributed by atoms with E-state index in [-0.39, 0.29) is 42.2 Å². The number of ether oxygens (including phenoxy) is 3. The second kappa shape index (κ2) is 13.2. The number of anilines is 2. The van der Waals surface area contributed by atoms with Crippen molar-refractivity contribution in [3.05, 3.63) is 77.4 Å². The Balaban J connectivity index is 1.38. The third-order valence-corrected chi connectivity index (χ3v) is 7.80. The zero-order valence-corrected chi connectivity index (χ0v) is 25.1. The predicted octanol–water partition coefficient (Wildman–Crippen LogP) is 5.43. The van der Waals surface area contributed by atoms with Crippen LogP contribution in [0.25, 0.3) is 0 Å². The summed E-state index contributed by atoms with van der Waals surface area (Å²) in [6, 6.07) is 13.8. The van der Waals surface area contributed by atoms with E-state index >= 15 is 0 Å². The van der Waals surface area contributed by atoms with E-state index in [0.717, 1.165) is 12.1 Å². The van der Waals surface area contributed by atoms with E-state index in [1.54, 1.807) is 48.2 Å². The van der Waals surface area contributed by atoms with Crippen LogP contribution in [-0.4, -0.2) is 72.5 Å². The van der Waals surface area contributed by atoms with Crippen LogP contribution in [0.4, 0.5) is 29.3 Å². The fourth-order valence-corrected chi connectivity index (χ4v) is 5.30. The number of hydrogen-bond donors (Lipinski definition) is 3. The van der Waals surface area contributed by atoms with Gasteiger partial charge >= 0.3 is 12.2 Å². The predicted molar refractivity (Wildman–Crippen MR) is 161 cm³/mol. The van der Waals surface area contributed by atoms with E-state index in [0.29, 0.717) is 42.4 Å². The number of carbonyl (C=O) groups excluding carboxylic acids is 2. The number of carbonyl (C=O) groups is 2. The van der Waals surface area contributed by atoms with Gasteiger partial charge in [0.1, 0.15) is 6.10 Å². The van der Waals surface area contributed by atoms with Gasteiger partial charge in [0.2, 0.25) is 6.79 Å². The molecule has 0 unspecified atom stereocenters. The Kier molecular flexibility index (Phi) is 9.40. The maximum Gasteiger partial charge on any atom is 0.416 e. The van der Waals surface area contributed by atoms with Crippen molar-refractivity contribution in [3.8, 4) is 17.2 Å². The molecule has 3 atom stereocenters. The molecule has 2 aliphatic rings. The largest absolute Gasteiger partial charge is 0.486 e. The lowest BCUT2D eigenvalue weighted by atomic mass is 9.98. The summed E-state index contributed by atoms with van der Waals surface area (Å²) < 4.78 is 56.3. The van der Waals surface area contributed by atoms with Gasteiger partial charge in [-0.15, -0.1) is 0 Å². The van der Waals surface area contributed by atoms with E-state index in [2.05, 4.69) is 10.6 Å². The monoisotopic (exact) mass is 628 g/mol. The van der Waals surface area contributed by atoms with Crippen LogP contribution in [0.5, 0.6) is 17.2 Å². The molecule has 3 amide bonds. The van der Waals surface area contributed by atoms with Crippen molar-refractivity contribution in [1.82, 2.24) is 9.80 Å². The van der Waals surface area contributed by atoms with Crippen LogP contribution in [0.2, 0.25) is 0 Å². The first kappa shape index (κ1) is 31.9. The van der Waals surface area contributed by atoms with E-state index in [1.165, 1.54) is 12.1 Å². The number of halogens is 3. The number of nitrogens with one attached hydrogen (secondary N) is 2. The molecule has 0 radical (unpaired) electrons. The number of benzene rings is 3. The van der Waals surface area contributed by atoms with Crippen molar-refractivity contribution in [1.29, 1.82) is 0 Å². The van der Waals surface area contributed by atoms with Gasteiger partial charge < -0.3 is 34.9 Å². The molecule has 10 nitrogen and oxygen atoms in total. The topological polar surface area (TPSA) is 113 Å². The minimum absolute atomic E-state index is 0.0948. The molecule has 0 saturated heterocycles. The zero-order chi connectivity index (χ0) is 32.3. The van der Waals surface area contributed by atoms with Gasteiger partial charge in [-0.05, 0) is 55.9 Å². The highest BCUT2D eigenvalue weighted by molar-refractivity contribution is 6.04. The van der Waals surface area contributed by atoms with Gasteiger partial charge in [-0.1, -0.05) is 25.1 Å². The molecule has 0 aromatic heterocycles. The Morgan fingerprint density at radius 3 is 2.53 bits per heavy atom. The highest BCUT2D eigenvalue weighted by Crippen LogP contribution is 2.37. The molecule has 0 bridgehead atoms. The fraction of sp³-hybridized carbons (Fsp3) is 0.375. The molecule has 0 saturated carbocycles. The average Bonchev–Trinajstić information content (AvgIpc) is 3.46. The van der Waals surface area contributed by atoms with Crippen LogP contribution < -0.4 is 24.8 Å². The number of alkyl halides is 3. The van der Waals surface area contributed by atoms with Gasteiger partial charge in [-0.3, -0.25) is 9.69 Å². The summed E-state index contributed by atoms with van der Waals surface area (Å²) in [6.45, 7) is 4.52. The number of likely N-dealkylation sites (N-methyl/N-ethyl adjacent to an activating group) is 1. The van der Waals surface area contributed by atoms with Crippen molar-refractivity contribution in [2.75, 3.05) is 44.2 Å². The molecule has 3 aromatic carbocycles. The second-order valence-electron chi connectivity index (χ2n) is 11.3. The van der Waals surface area contributed by atoms with Gasteiger partial charge in [0.05, 0.1) is 29.5 Å². The number of aliphatic hydroxyl groups is 1. The van der Waals surface area contributed by atoms with Gasteiger partial charge in [-0.25, -0.2) is 4.79 Å². The number of urea groups is 1. The van der Waals surface area contributed by atoms with E-state index in [9.17, 15) is 27.9 Å². The second-order valence-corrected chi connectivity index (χ2v) is 11.3. The van der Waals surface area contributed by atoms with Crippen molar-refractivity contribution in [2.45, 2.75) is 38.7 Å². The zero-order valence-electron chi connectivity index (χ0n) is 25.1. The Morgan fingerprint density at radius 2 is 1.82 bits per heavy atom.